The molecular weight excluding hydrogens is 270 g/mol. The average Bonchev–Trinajstić information content (AvgIpc) is 2.47. The molecule has 0 bridgehead atoms. The molecule has 0 saturated heterocycles. The van der Waals surface area contributed by atoms with Gasteiger partial charge in [0.1, 0.15) is 5.75 Å². The van der Waals surface area contributed by atoms with Crippen LogP contribution in [0.4, 0.5) is 0 Å². The topological polar surface area (TPSA) is 86.6 Å². The normalized spacial score (nSPS) is 25.3. The number of rotatable bonds is 4. The molecule has 21 heavy (non-hydrogen) atoms. The second kappa shape index (κ2) is 6.16. The predicted octanol–water partition coefficient (Wildman–Crippen LogP) is 2.40. The molecule has 1 aromatic rings. The molecule has 0 radical (unpaired) electrons. The van der Waals surface area contributed by atoms with Crippen molar-refractivity contribution >= 4 is 11.9 Å². The summed E-state index contributed by atoms with van der Waals surface area (Å²) in [5, 5.41) is 21.8. The Bertz CT molecular complexity index is 533. The van der Waals surface area contributed by atoms with Gasteiger partial charge in [-0.2, -0.15) is 0 Å². The maximum Gasteiger partial charge on any atom is 0.311 e. The van der Waals surface area contributed by atoms with Crippen LogP contribution in [0.15, 0.2) is 24.3 Å². The van der Waals surface area contributed by atoms with Crippen LogP contribution in [-0.4, -0.2) is 28.6 Å². The van der Waals surface area contributed by atoms with Crippen molar-refractivity contribution in [2.75, 3.05) is 6.54 Å². The summed E-state index contributed by atoms with van der Waals surface area (Å²) < 4.78 is 0. The summed E-state index contributed by atoms with van der Waals surface area (Å²) in [7, 11) is 0. The maximum atomic E-state index is 12.1. The minimum atomic E-state index is -0.882. The van der Waals surface area contributed by atoms with E-state index < -0.39 is 17.3 Å². The summed E-state index contributed by atoms with van der Waals surface area (Å²) in [6.45, 7) is 2.22. The number of hydrogen-bond donors (Lipinski definition) is 3. The number of carbonyl (C=O) groups excluding carboxylic acids is 1. The molecule has 1 aliphatic carbocycles. The van der Waals surface area contributed by atoms with E-state index in [0.29, 0.717) is 18.8 Å². The number of hydrogen-bond acceptors (Lipinski definition) is 3. The van der Waals surface area contributed by atoms with E-state index in [4.69, 9.17) is 0 Å². The van der Waals surface area contributed by atoms with Crippen molar-refractivity contribution in [2.45, 2.75) is 32.6 Å². The van der Waals surface area contributed by atoms with Gasteiger partial charge >= 0.3 is 5.97 Å². The lowest BCUT2D eigenvalue weighted by molar-refractivity contribution is -0.151. The number of carbonyl (C=O) groups is 2. The van der Waals surface area contributed by atoms with Gasteiger partial charge in [-0.3, -0.25) is 9.59 Å². The Morgan fingerprint density at radius 2 is 1.90 bits per heavy atom. The maximum absolute atomic E-state index is 12.1. The van der Waals surface area contributed by atoms with E-state index in [1.165, 1.54) is 12.1 Å². The van der Waals surface area contributed by atoms with Crippen molar-refractivity contribution in [3.05, 3.63) is 29.8 Å². The number of amides is 1. The van der Waals surface area contributed by atoms with Gasteiger partial charge in [0.15, 0.2) is 0 Å². The van der Waals surface area contributed by atoms with Gasteiger partial charge in [0.25, 0.3) is 5.91 Å². The Kier molecular flexibility index (Phi) is 4.50. The van der Waals surface area contributed by atoms with Crippen molar-refractivity contribution in [1.29, 1.82) is 0 Å². The molecule has 0 atom stereocenters. The van der Waals surface area contributed by atoms with Gasteiger partial charge in [0.05, 0.1) is 11.0 Å². The number of nitrogens with one attached hydrogen (secondary N) is 1. The molecule has 1 fully saturated rings. The van der Waals surface area contributed by atoms with Crippen molar-refractivity contribution in [2.24, 2.45) is 11.3 Å². The zero-order valence-electron chi connectivity index (χ0n) is 12.1. The minimum absolute atomic E-state index is 0.0994. The van der Waals surface area contributed by atoms with E-state index in [1.807, 2.05) is 0 Å². The Hall–Kier alpha value is -2.04. The fourth-order valence-electron chi connectivity index (χ4n) is 2.79. The molecule has 0 heterocycles. The highest BCUT2D eigenvalue weighted by Crippen LogP contribution is 2.38. The van der Waals surface area contributed by atoms with E-state index in [2.05, 4.69) is 12.2 Å². The lowest BCUT2D eigenvalue weighted by Gasteiger charge is -2.35. The largest absolute Gasteiger partial charge is 0.507 e. The summed E-state index contributed by atoms with van der Waals surface area (Å²) in [6.07, 6.45) is 2.87. The number of phenols is 1. The van der Waals surface area contributed by atoms with Crippen molar-refractivity contribution in [3.8, 4) is 5.75 Å². The fourth-order valence-corrected chi connectivity index (χ4v) is 2.79. The Labute approximate surface area is 124 Å². The van der Waals surface area contributed by atoms with Gasteiger partial charge in [-0.05, 0) is 43.7 Å². The summed E-state index contributed by atoms with van der Waals surface area (Å²) in [4.78, 5) is 23.7. The average molecular weight is 291 g/mol. The zero-order chi connectivity index (χ0) is 15.5. The minimum Gasteiger partial charge on any atom is -0.507 e. The first-order chi connectivity index (χ1) is 9.94. The molecule has 5 nitrogen and oxygen atoms in total. The predicted molar refractivity (Wildman–Crippen MR) is 78.1 cm³/mol. The van der Waals surface area contributed by atoms with Crippen LogP contribution in [0.3, 0.4) is 0 Å². The lowest BCUT2D eigenvalue weighted by atomic mass is 9.71. The number of aromatic hydroxyl groups is 1. The number of para-hydroxylation sites is 1. The Balaban J connectivity index is 2.04. The molecule has 0 spiro atoms. The van der Waals surface area contributed by atoms with Gasteiger partial charge in [-0.1, -0.05) is 19.1 Å². The summed E-state index contributed by atoms with van der Waals surface area (Å²) in [6, 6.07) is 6.24. The third-order valence-corrected chi connectivity index (χ3v) is 4.42. The van der Waals surface area contributed by atoms with Crippen molar-refractivity contribution in [3.63, 3.8) is 0 Å². The summed E-state index contributed by atoms with van der Waals surface area (Å²) in [5.41, 5.74) is -0.714. The zero-order valence-corrected chi connectivity index (χ0v) is 12.1. The molecule has 1 aromatic carbocycles. The molecule has 0 unspecified atom stereocenters. The molecule has 2 rings (SSSR count). The molecule has 5 heteroatoms. The Morgan fingerprint density at radius 3 is 2.48 bits per heavy atom. The first-order valence-electron chi connectivity index (χ1n) is 7.24. The van der Waals surface area contributed by atoms with Gasteiger partial charge in [0, 0.05) is 6.54 Å². The van der Waals surface area contributed by atoms with Crippen LogP contribution >= 0.6 is 0 Å². The van der Waals surface area contributed by atoms with Crippen LogP contribution in [0.1, 0.15) is 43.0 Å². The van der Waals surface area contributed by atoms with E-state index in [1.54, 1.807) is 12.1 Å². The molecule has 1 saturated carbocycles. The summed E-state index contributed by atoms with van der Waals surface area (Å²) >= 11 is 0. The van der Waals surface area contributed by atoms with Crippen LogP contribution in [0.5, 0.6) is 5.75 Å². The highest BCUT2D eigenvalue weighted by atomic mass is 16.4. The van der Waals surface area contributed by atoms with Crippen LogP contribution < -0.4 is 5.32 Å². The second-order valence-electron chi connectivity index (χ2n) is 5.97. The smallest absolute Gasteiger partial charge is 0.311 e. The highest BCUT2D eigenvalue weighted by molar-refractivity contribution is 5.97. The van der Waals surface area contributed by atoms with Gasteiger partial charge < -0.3 is 15.5 Å². The number of aliphatic carboxylic acids is 1. The standard InChI is InChI=1S/C16H21NO4/c1-11-6-8-16(9-7-11,15(20)21)10-17-14(19)12-4-2-3-5-13(12)18/h2-5,11,18H,6-10H2,1H3,(H,17,19)(H,20,21). The fraction of sp³-hybridized carbons (Fsp3) is 0.500. The number of carboxylic acids is 1. The van der Waals surface area contributed by atoms with Crippen LogP contribution in [0.2, 0.25) is 0 Å². The van der Waals surface area contributed by atoms with Gasteiger partial charge in [-0.15, -0.1) is 0 Å². The molecular formula is C16H21NO4. The first-order valence-corrected chi connectivity index (χ1v) is 7.24. The Morgan fingerprint density at radius 1 is 1.29 bits per heavy atom. The monoisotopic (exact) mass is 291 g/mol. The number of benzene rings is 1. The third-order valence-electron chi connectivity index (χ3n) is 4.42. The molecule has 114 valence electrons. The third kappa shape index (κ3) is 3.35. The van der Waals surface area contributed by atoms with Crippen molar-refractivity contribution < 1.29 is 19.8 Å². The van der Waals surface area contributed by atoms with Crippen LogP contribution in [-0.2, 0) is 4.79 Å². The van der Waals surface area contributed by atoms with Gasteiger partial charge in [0.2, 0.25) is 0 Å². The summed E-state index contributed by atoms with van der Waals surface area (Å²) in [5.74, 6) is -0.859. The number of phenolic OH excluding ortho intramolecular Hbond substituents is 1. The second-order valence-corrected chi connectivity index (χ2v) is 5.97. The van der Waals surface area contributed by atoms with Gasteiger partial charge in [-0.25, -0.2) is 0 Å². The van der Waals surface area contributed by atoms with E-state index in [9.17, 15) is 19.8 Å². The quantitative estimate of drug-likeness (QED) is 0.795. The molecule has 3 N–H and O–H groups in total. The molecule has 1 amide bonds. The molecule has 1 aliphatic rings. The first kappa shape index (κ1) is 15.4. The highest BCUT2D eigenvalue weighted by Gasteiger charge is 2.41. The molecule has 0 aromatic heterocycles. The number of carboxylic acid groups (broad SMARTS) is 1. The molecule has 0 aliphatic heterocycles. The van der Waals surface area contributed by atoms with Crippen LogP contribution in [0.25, 0.3) is 0 Å². The van der Waals surface area contributed by atoms with E-state index in [-0.39, 0.29) is 17.9 Å². The van der Waals surface area contributed by atoms with Crippen molar-refractivity contribution in [1.82, 2.24) is 5.32 Å². The SMILES string of the molecule is CC1CCC(CNC(=O)c2ccccc2O)(C(=O)O)CC1. The lowest BCUT2D eigenvalue weighted by Crippen LogP contribution is -2.45. The van der Waals surface area contributed by atoms with E-state index >= 15 is 0 Å². The van der Waals surface area contributed by atoms with E-state index in [0.717, 1.165) is 12.8 Å². The van der Waals surface area contributed by atoms with Crippen LogP contribution in [0, 0.1) is 11.3 Å².